The summed E-state index contributed by atoms with van der Waals surface area (Å²) in [6, 6.07) is 10.3. The Balaban J connectivity index is 1.74. The number of fused-ring (bicyclic) bond motifs is 1. The molecular weight excluding hydrogens is 583 g/mol. The lowest BCUT2D eigenvalue weighted by atomic mass is 9.98. The molecule has 1 saturated heterocycles. The first-order chi connectivity index (χ1) is 19.8. The molecule has 6 N–H and O–H groups in total. The van der Waals surface area contributed by atoms with Crippen molar-refractivity contribution in [1.29, 1.82) is 0 Å². The number of amides is 4. The van der Waals surface area contributed by atoms with Gasteiger partial charge in [-0.25, -0.2) is 4.79 Å². The van der Waals surface area contributed by atoms with Crippen molar-refractivity contribution in [2.75, 3.05) is 24.4 Å². The Morgan fingerprint density at radius 2 is 1.79 bits per heavy atom. The van der Waals surface area contributed by atoms with E-state index in [2.05, 4.69) is 10.6 Å². The van der Waals surface area contributed by atoms with Crippen LogP contribution in [0.3, 0.4) is 0 Å². The van der Waals surface area contributed by atoms with Crippen LogP contribution in [0.25, 0.3) is 10.8 Å². The number of hydrogen-bond donors (Lipinski definition) is 5. The molecule has 2 aromatic carbocycles. The first-order valence-corrected chi connectivity index (χ1v) is 16.7. The molecule has 230 valence electrons. The van der Waals surface area contributed by atoms with Gasteiger partial charge in [-0.1, -0.05) is 56.3 Å². The fourth-order valence-corrected chi connectivity index (χ4v) is 6.49. The van der Waals surface area contributed by atoms with Crippen molar-refractivity contribution in [3.63, 3.8) is 0 Å². The molecule has 0 bridgehead atoms. The quantitative estimate of drug-likeness (QED) is 0.209. The predicted molar refractivity (Wildman–Crippen MR) is 161 cm³/mol. The van der Waals surface area contributed by atoms with Crippen molar-refractivity contribution in [2.24, 2.45) is 11.7 Å². The van der Waals surface area contributed by atoms with Crippen LogP contribution in [0.15, 0.2) is 42.5 Å². The molecule has 1 fully saturated rings. The van der Waals surface area contributed by atoms with Gasteiger partial charge in [-0.05, 0) is 41.5 Å². The molecule has 12 nitrogen and oxygen atoms in total. The number of alkyl carbamates (subject to hydrolysis) is 1. The van der Waals surface area contributed by atoms with E-state index in [0.29, 0.717) is 19.3 Å². The van der Waals surface area contributed by atoms with Crippen LogP contribution in [0.1, 0.15) is 38.7 Å². The van der Waals surface area contributed by atoms with E-state index in [1.807, 2.05) is 56.3 Å². The van der Waals surface area contributed by atoms with Crippen molar-refractivity contribution < 1.29 is 38.3 Å². The highest BCUT2D eigenvalue weighted by molar-refractivity contribution is 8.04. The minimum absolute atomic E-state index is 0.0527. The summed E-state index contributed by atoms with van der Waals surface area (Å²) < 4.78 is 16.5. The van der Waals surface area contributed by atoms with E-state index in [4.69, 9.17) is 10.5 Å². The Bertz CT molecular complexity index is 1320. The molecule has 0 unspecified atom stereocenters. The van der Waals surface area contributed by atoms with Crippen molar-refractivity contribution in [1.82, 2.24) is 15.5 Å². The van der Waals surface area contributed by atoms with Crippen LogP contribution < -0.4 is 16.4 Å². The van der Waals surface area contributed by atoms with Gasteiger partial charge < -0.3 is 35.8 Å². The van der Waals surface area contributed by atoms with Gasteiger partial charge in [-0.2, -0.15) is 0 Å². The van der Waals surface area contributed by atoms with Crippen LogP contribution >= 0.6 is 19.4 Å². The molecule has 0 radical (unpaired) electrons. The van der Waals surface area contributed by atoms with E-state index in [1.54, 1.807) is 0 Å². The number of nitrogens with one attached hydrogen (secondary N) is 2. The first kappa shape index (κ1) is 33.4. The van der Waals surface area contributed by atoms with Crippen LogP contribution in [0.4, 0.5) is 4.79 Å². The standard InChI is InChI=1S/C28H39N4O8PS/c1-18(2)15-40-28(36)31-23(16-42-17-41(37,38)39)27(35)32-12-6-5-9-24(32)26(34)30-22(25(29)33)14-19-10-11-20-7-3-4-8-21(20)13-19/h3-4,7-8,10-11,13,18,22-24H,5-6,9,12,14-17H2,1-2H3,(H2,29,33)(H,30,34)(H,31,36)(H2,37,38,39)/t22-,23-,24-/m0/s1. The Kier molecular flexibility index (Phi) is 12.2. The molecule has 0 aromatic heterocycles. The topological polar surface area (TPSA) is 188 Å². The van der Waals surface area contributed by atoms with E-state index in [9.17, 15) is 33.5 Å². The maximum Gasteiger partial charge on any atom is 0.407 e. The van der Waals surface area contributed by atoms with E-state index >= 15 is 0 Å². The number of likely N-dealkylation sites (tertiary alicyclic amines) is 1. The summed E-state index contributed by atoms with van der Waals surface area (Å²) in [4.78, 5) is 71.7. The fourth-order valence-electron chi connectivity index (χ4n) is 4.65. The number of benzene rings is 2. The third-order valence-electron chi connectivity index (χ3n) is 6.68. The van der Waals surface area contributed by atoms with Crippen molar-refractivity contribution >= 4 is 53.9 Å². The molecule has 42 heavy (non-hydrogen) atoms. The predicted octanol–water partition coefficient (Wildman–Crippen LogP) is 2.35. The van der Waals surface area contributed by atoms with Gasteiger partial charge in [0.2, 0.25) is 17.7 Å². The Morgan fingerprint density at radius 3 is 2.45 bits per heavy atom. The molecule has 3 rings (SSSR count). The van der Waals surface area contributed by atoms with Gasteiger partial charge in [0.25, 0.3) is 0 Å². The average molecular weight is 623 g/mol. The summed E-state index contributed by atoms with van der Waals surface area (Å²) >= 11 is 0.810. The second kappa shape index (κ2) is 15.4. The van der Waals surface area contributed by atoms with E-state index < -0.39 is 55.0 Å². The lowest BCUT2D eigenvalue weighted by Crippen LogP contribution is -2.60. The third kappa shape index (κ3) is 10.3. The SMILES string of the molecule is CC(C)COC(=O)N[C@@H](CSCP(=O)(O)O)C(=O)N1CCCC[C@H]1C(=O)N[C@@H](Cc1ccc2ccccc2c1)C(N)=O. The largest absolute Gasteiger partial charge is 0.449 e. The smallest absolute Gasteiger partial charge is 0.407 e. The zero-order valence-electron chi connectivity index (χ0n) is 23.7. The number of nitrogens with zero attached hydrogens (tertiary/aromatic N) is 1. The second-order valence-electron chi connectivity index (χ2n) is 10.7. The third-order valence-corrected chi connectivity index (χ3v) is 9.33. The van der Waals surface area contributed by atoms with Gasteiger partial charge in [0.15, 0.2) is 0 Å². The number of ether oxygens (including phenoxy) is 1. The molecule has 1 aliphatic heterocycles. The summed E-state index contributed by atoms with van der Waals surface area (Å²) in [5.41, 5.74) is 5.91. The number of hydrogen-bond acceptors (Lipinski definition) is 7. The Hall–Kier alpha value is -3.12. The first-order valence-electron chi connectivity index (χ1n) is 13.8. The number of rotatable bonds is 13. The highest BCUT2D eigenvalue weighted by Gasteiger charge is 2.37. The normalized spacial score (nSPS) is 17.0. The van der Waals surface area contributed by atoms with Crippen molar-refractivity contribution in [3.8, 4) is 0 Å². The molecule has 2 aromatic rings. The molecule has 1 aliphatic rings. The van der Waals surface area contributed by atoms with Crippen molar-refractivity contribution in [2.45, 2.75) is 57.7 Å². The Labute approximate surface area is 249 Å². The summed E-state index contributed by atoms with van der Waals surface area (Å²) in [6.45, 7) is 4.04. The number of nitrogens with two attached hydrogens (primary N) is 1. The van der Waals surface area contributed by atoms with Crippen LogP contribution in [0.5, 0.6) is 0 Å². The van der Waals surface area contributed by atoms with Crippen LogP contribution in [0, 0.1) is 5.92 Å². The molecular formula is C28H39N4O8PS. The van der Waals surface area contributed by atoms with Gasteiger partial charge in [-0.3, -0.25) is 18.9 Å². The van der Waals surface area contributed by atoms with E-state index in [0.717, 1.165) is 28.1 Å². The summed E-state index contributed by atoms with van der Waals surface area (Å²) in [6.07, 6.45) is 0.929. The summed E-state index contributed by atoms with van der Waals surface area (Å²) in [5.74, 6) is -1.93. The number of carbonyl (C=O) groups excluding carboxylic acids is 4. The van der Waals surface area contributed by atoms with Crippen LogP contribution in [-0.4, -0.2) is 81.0 Å². The number of piperidine rings is 1. The lowest BCUT2D eigenvalue weighted by molar-refractivity contribution is -0.144. The highest BCUT2D eigenvalue weighted by atomic mass is 32.2. The van der Waals surface area contributed by atoms with E-state index in [-0.39, 0.29) is 31.2 Å². The fraction of sp³-hybridized carbons (Fsp3) is 0.500. The number of thioether (sulfide) groups is 1. The number of primary amides is 1. The molecule has 4 amide bonds. The Morgan fingerprint density at radius 1 is 1.07 bits per heavy atom. The summed E-state index contributed by atoms with van der Waals surface area (Å²) in [5, 5.41) is 7.22. The zero-order valence-corrected chi connectivity index (χ0v) is 25.4. The maximum atomic E-state index is 13.7. The van der Waals surface area contributed by atoms with E-state index in [1.165, 1.54) is 4.90 Å². The molecule has 1 heterocycles. The van der Waals surface area contributed by atoms with Gasteiger partial charge in [-0.15, -0.1) is 11.8 Å². The van der Waals surface area contributed by atoms with Crippen LogP contribution in [0.2, 0.25) is 0 Å². The molecule has 14 heteroatoms. The maximum absolute atomic E-state index is 13.7. The lowest BCUT2D eigenvalue weighted by Gasteiger charge is -2.37. The molecule has 0 saturated carbocycles. The number of carbonyl (C=O) groups is 4. The molecule has 3 atom stereocenters. The van der Waals surface area contributed by atoms with Crippen LogP contribution in [-0.2, 0) is 30.1 Å². The van der Waals surface area contributed by atoms with Gasteiger partial charge >= 0.3 is 13.7 Å². The second-order valence-corrected chi connectivity index (χ2v) is 13.8. The van der Waals surface area contributed by atoms with Crippen molar-refractivity contribution in [3.05, 3.63) is 48.0 Å². The zero-order chi connectivity index (χ0) is 30.9. The molecule has 0 spiro atoms. The minimum atomic E-state index is -4.35. The summed E-state index contributed by atoms with van der Waals surface area (Å²) in [7, 11) is -4.35. The van der Waals surface area contributed by atoms with Gasteiger partial charge in [0.1, 0.15) is 18.1 Å². The minimum Gasteiger partial charge on any atom is -0.449 e. The van der Waals surface area contributed by atoms with Gasteiger partial charge in [0.05, 0.1) is 12.1 Å². The molecule has 0 aliphatic carbocycles. The monoisotopic (exact) mass is 622 g/mol. The average Bonchev–Trinajstić information content (AvgIpc) is 2.94. The van der Waals surface area contributed by atoms with Gasteiger partial charge in [0, 0.05) is 18.7 Å². The highest BCUT2D eigenvalue weighted by Crippen LogP contribution is 2.38.